The number of benzene rings is 2. The van der Waals surface area contributed by atoms with E-state index in [0.29, 0.717) is 11.3 Å². The van der Waals surface area contributed by atoms with Crippen molar-refractivity contribution in [2.24, 2.45) is 0 Å². The van der Waals surface area contributed by atoms with E-state index < -0.39 is 17.7 Å². The van der Waals surface area contributed by atoms with Gasteiger partial charge < -0.3 is 4.90 Å². The van der Waals surface area contributed by atoms with Gasteiger partial charge in [-0.1, -0.05) is 147 Å². The maximum atomic E-state index is 14.6. The van der Waals surface area contributed by atoms with Crippen LogP contribution in [-0.4, -0.2) is 40.8 Å². The van der Waals surface area contributed by atoms with Crippen LogP contribution in [0.2, 0.25) is 0 Å². The molecule has 3 aromatic rings. The summed E-state index contributed by atoms with van der Waals surface area (Å²) in [4.78, 5) is 51.2. The number of nitrogens with zero attached hydrogens (tertiary/aromatic N) is 5. The van der Waals surface area contributed by atoms with E-state index in [1.165, 1.54) is 64.2 Å². The van der Waals surface area contributed by atoms with Crippen LogP contribution in [0, 0.1) is 11.3 Å². The van der Waals surface area contributed by atoms with Crippen LogP contribution in [-0.2, 0) is 15.0 Å². The van der Waals surface area contributed by atoms with Crippen molar-refractivity contribution in [3.05, 3.63) is 93.5 Å². The summed E-state index contributed by atoms with van der Waals surface area (Å²) in [5.41, 5.74) is 1.40. The Labute approximate surface area is 321 Å². The number of unbranched alkanes of at least 4 members (excludes halogenated alkanes) is 10. The smallest absolute Gasteiger partial charge is 0.291 e. The molecular weight excluding hydrogens is 679 g/mol. The maximum absolute atomic E-state index is 14.6. The van der Waals surface area contributed by atoms with Gasteiger partial charge in [0.05, 0.1) is 16.3 Å². The van der Waals surface area contributed by atoms with E-state index >= 15 is 0 Å². The van der Waals surface area contributed by atoms with Crippen molar-refractivity contribution in [1.82, 2.24) is 9.99 Å². The number of hydrogen-bond acceptors (Lipinski definition) is 7. The first-order chi connectivity index (χ1) is 25.5. The molecule has 9 heteroatoms. The molecule has 0 N–H and O–H groups in total. The average Bonchev–Trinajstić information content (AvgIpc) is 3.59. The Morgan fingerprint density at radius 3 is 1.87 bits per heavy atom. The third kappa shape index (κ3) is 10.8. The minimum Gasteiger partial charge on any atom is -0.348 e. The Balaban J connectivity index is 1.77. The first kappa shape index (κ1) is 41.2. The van der Waals surface area contributed by atoms with Crippen LogP contribution in [0.1, 0.15) is 140 Å². The number of carbonyl (C=O) groups excluding carboxylic acids is 3. The highest BCUT2D eigenvalue weighted by atomic mass is 32.1. The first-order valence-corrected chi connectivity index (χ1v) is 20.3. The first-order valence-electron chi connectivity index (χ1n) is 19.5. The summed E-state index contributed by atoms with van der Waals surface area (Å²) in [7, 11) is 0. The van der Waals surface area contributed by atoms with Crippen molar-refractivity contribution < 1.29 is 14.4 Å². The fourth-order valence-electron chi connectivity index (χ4n) is 6.54. The predicted octanol–water partition coefficient (Wildman–Crippen LogP) is 10.8. The molecule has 0 fully saturated rings. The Bertz CT molecular complexity index is 1770. The van der Waals surface area contributed by atoms with E-state index in [2.05, 4.69) is 39.5 Å². The molecule has 1 aliphatic rings. The third-order valence-corrected chi connectivity index (χ3v) is 10.7. The second-order valence-corrected chi connectivity index (χ2v) is 15.9. The fraction of sp³-hybridized carbons (Fsp3) is 0.477. The second kappa shape index (κ2) is 20.1. The SMILES string of the molecule is CCCCCCCCN(CCCCCCCC)c1nc(C(C)(C)C)c(/C=C2\C(=O)N(N(C(=O)c3ccccc3)c3ccccc3)C(=O)C(C#N)=C2C)s1. The van der Waals surface area contributed by atoms with Crippen LogP contribution in [0.4, 0.5) is 10.8 Å². The monoisotopic (exact) mass is 735 g/mol. The molecular formula is C44H57N5O3S. The number of hydrogen-bond donors (Lipinski definition) is 0. The summed E-state index contributed by atoms with van der Waals surface area (Å²) >= 11 is 1.55. The van der Waals surface area contributed by atoms with Crippen molar-refractivity contribution in [1.29, 1.82) is 5.26 Å². The van der Waals surface area contributed by atoms with Gasteiger partial charge in [-0.25, -0.2) is 9.99 Å². The number of thiazole rings is 1. The highest BCUT2D eigenvalue weighted by Gasteiger charge is 2.42. The van der Waals surface area contributed by atoms with Crippen molar-refractivity contribution in [3.8, 4) is 6.07 Å². The number of imide groups is 1. The Morgan fingerprint density at radius 2 is 1.34 bits per heavy atom. The van der Waals surface area contributed by atoms with Crippen molar-refractivity contribution in [2.45, 2.75) is 124 Å². The van der Waals surface area contributed by atoms with Gasteiger partial charge >= 0.3 is 0 Å². The van der Waals surface area contributed by atoms with Gasteiger partial charge in [-0.2, -0.15) is 10.3 Å². The van der Waals surface area contributed by atoms with Crippen LogP contribution in [0.3, 0.4) is 0 Å². The van der Waals surface area contributed by atoms with E-state index in [-0.39, 0.29) is 22.1 Å². The topological polar surface area (TPSA) is 97.6 Å². The maximum Gasteiger partial charge on any atom is 0.291 e. The van der Waals surface area contributed by atoms with E-state index in [4.69, 9.17) is 4.98 Å². The molecule has 0 spiro atoms. The van der Waals surface area contributed by atoms with Crippen LogP contribution in [0.5, 0.6) is 0 Å². The predicted molar refractivity (Wildman–Crippen MR) is 218 cm³/mol. The zero-order valence-electron chi connectivity index (χ0n) is 32.6. The number of amides is 3. The molecule has 0 unspecified atom stereocenters. The van der Waals surface area contributed by atoms with Gasteiger partial charge in [0.15, 0.2) is 5.13 Å². The summed E-state index contributed by atoms with van der Waals surface area (Å²) in [5, 5.41) is 13.1. The van der Waals surface area contributed by atoms with Crippen LogP contribution in [0.15, 0.2) is 77.4 Å². The summed E-state index contributed by atoms with van der Waals surface area (Å²) in [5.74, 6) is -2.08. The molecule has 0 atom stereocenters. The summed E-state index contributed by atoms with van der Waals surface area (Å²) in [6.45, 7) is 14.3. The number of aromatic nitrogens is 1. The summed E-state index contributed by atoms with van der Waals surface area (Å²) in [6, 6.07) is 19.2. The normalized spacial score (nSPS) is 14.2. The van der Waals surface area contributed by atoms with Crippen LogP contribution in [0.25, 0.3) is 6.08 Å². The Kier molecular flexibility index (Phi) is 15.6. The molecule has 0 bridgehead atoms. The second-order valence-electron chi connectivity index (χ2n) is 14.9. The Hall–Kier alpha value is -4.55. The molecule has 1 aliphatic heterocycles. The average molecular weight is 736 g/mol. The molecule has 282 valence electrons. The zero-order chi connectivity index (χ0) is 38.4. The van der Waals surface area contributed by atoms with E-state index in [9.17, 15) is 19.6 Å². The van der Waals surface area contributed by atoms with E-state index in [1.54, 1.807) is 85.0 Å². The highest BCUT2D eigenvalue weighted by molar-refractivity contribution is 7.16. The van der Waals surface area contributed by atoms with Gasteiger partial charge in [0, 0.05) is 29.6 Å². The highest BCUT2D eigenvalue weighted by Crippen LogP contribution is 2.38. The molecule has 0 radical (unpaired) electrons. The van der Waals surface area contributed by atoms with Crippen LogP contribution < -0.4 is 9.91 Å². The molecule has 4 rings (SSSR count). The third-order valence-electron chi connectivity index (χ3n) is 9.60. The summed E-state index contributed by atoms with van der Waals surface area (Å²) < 4.78 is 0. The van der Waals surface area contributed by atoms with Gasteiger partial charge in [0.2, 0.25) is 0 Å². The minimum atomic E-state index is -0.842. The zero-order valence-corrected chi connectivity index (χ0v) is 33.4. The molecule has 0 saturated heterocycles. The van der Waals surface area contributed by atoms with Gasteiger partial charge in [0.1, 0.15) is 11.6 Å². The molecule has 2 heterocycles. The molecule has 8 nitrogen and oxygen atoms in total. The van der Waals surface area contributed by atoms with Crippen molar-refractivity contribution in [3.63, 3.8) is 0 Å². The van der Waals surface area contributed by atoms with Gasteiger partial charge in [0.25, 0.3) is 17.7 Å². The number of carbonyl (C=O) groups is 3. The van der Waals surface area contributed by atoms with Gasteiger partial charge in [-0.15, -0.1) is 0 Å². The van der Waals surface area contributed by atoms with E-state index in [0.717, 1.165) is 51.7 Å². The number of hydrazine groups is 1. The molecule has 53 heavy (non-hydrogen) atoms. The fourth-order valence-corrected chi connectivity index (χ4v) is 7.81. The molecule has 2 aromatic carbocycles. The lowest BCUT2D eigenvalue weighted by molar-refractivity contribution is -0.140. The van der Waals surface area contributed by atoms with Crippen LogP contribution >= 0.6 is 11.3 Å². The molecule has 0 saturated carbocycles. The number of para-hydroxylation sites is 1. The lowest BCUT2D eigenvalue weighted by Gasteiger charge is -2.36. The van der Waals surface area contributed by atoms with E-state index in [1.807, 2.05) is 6.07 Å². The number of nitriles is 1. The lowest BCUT2D eigenvalue weighted by Crippen LogP contribution is -2.56. The van der Waals surface area contributed by atoms with Gasteiger partial charge in [-0.3, -0.25) is 14.4 Å². The molecule has 3 amide bonds. The Morgan fingerprint density at radius 1 is 0.811 bits per heavy atom. The minimum absolute atomic E-state index is 0.182. The van der Waals surface area contributed by atoms with Gasteiger partial charge in [-0.05, 0) is 55.7 Å². The number of rotatable bonds is 19. The standard InChI is InChI=1S/C44H57N5O3S/c1-7-9-11-13-15-23-29-47(30-24-16-14-12-10-8-2)43-46-39(44(4,5)6)38(53-43)31-36-33(3)37(32-45)42(52)49(41(36)51)48(35-27-21-18-22-28-35)40(50)34-25-19-17-20-26-34/h17-22,25-28,31H,7-16,23-24,29-30H2,1-6H3/b36-31-. The van der Waals surface area contributed by atoms with Crippen molar-refractivity contribution >= 4 is 46.0 Å². The lowest BCUT2D eigenvalue weighted by atomic mass is 9.89. The summed E-state index contributed by atoms with van der Waals surface area (Å²) in [6.07, 6.45) is 16.3. The quantitative estimate of drug-likeness (QED) is 0.0691. The molecule has 0 aliphatic carbocycles. The molecule has 1 aromatic heterocycles. The number of anilines is 2. The largest absolute Gasteiger partial charge is 0.348 e. The van der Waals surface area contributed by atoms with Crippen molar-refractivity contribution in [2.75, 3.05) is 23.0 Å².